The fraction of sp³-hybridized carbons (Fsp3) is 0.273. The second kappa shape index (κ2) is 5.29. The highest BCUT2D eigenvalue weighted by atomic mass is 35.5. The molecule has 5 nitrogen and oxygen atoms in total. The first kappa shape index (κ1) is 14.6. The second-order valence-electron chi connectivity index (χ2n) is 4.13. The van der Waals surface area contributed by atoms with Crippen molar-refractivity contribution in [1.82, 2.24) is 10.9 Å². The van der Waals surface area contributed by atoms with Crippen LogP contribution in [0.3, 0.4) is 0 Å². The van der Waals surface area contributed by atoms with Crippen LogP contribution in [0.4, 0.5) is 18.9 Å². The van der Waals surface area contributed by atoms with E-state index in [4.69, 9.17) is 11.6 Å². The standard InChI is InChI=1S/C11H9ClF3N3O2/c12-7-2-1-5(3-6(7)11(13,14)15)16-10(20)8-4-9(19)18-17-8/h1-3,8,17H,4H2,(H,16,20)(H,18,19). The van der Waals surface area contributed by atoms with Crippen LogP contribution in [0.5, 0.6) is 0 Å². The van der Waals surface area contributed by atoms with Crippen LogP contribution in [-0.4, -0.2) is 17.9 Å². The number of rotatable bonds is 2. The van der Waals surface area contributed by atoms with Gasteiger partial charge in [0, 0.05) is 5.69 Å². The van der Waals surface area contributed by atoms with Crippen LogP contribution in [0, 0.1) is 0 Å². The molecule has 1 heterocycles. The molecule has 9 heteroatoms. The van der Waals surface area contributed by atoms with E-state index in [0.717, 1.165) is 12.1 Å². The molecule has 1 unspecified atom stereocenters. The average molecular weight is 308 g/mol. The van der Waals surface area contributed by atoms with Crippen molar-refractivity contribution in [1.29, 1.82) is 0 Å². The average Bonchev–Trinajstić information content (AvgIpc) is 2.77. The molecule has 0 aromatic heterocycles. The van der Waals surface area contributed by atoms with E-state index in [1.807, 2.05) is 0 Å². The van der Waals surface area contributed by atoms with E-state index < -0.39 is 28.7 Å². The third-order valence-electron chi connectivity index (χ3n) is 2.63. The Morgan fingerprint density at radius 2 is 2.10 bits per heavy atom. The SMILES string of the molecule is O=C1CC(C(=O)Nc2ccc(Cl)c(C(F)(F)F)c2)NN1. The summed E-state index contributed by atoms with van der Waals surface area (Å²) in [4.78, 5) is 22.6. The fourth-order valence-corrected chi connectivity index (χ4v) is 1.89. The van der Waals surface area contributed by atoms with Crippen LogP contribution in [0.15, 0.2) is 18.2 Å². The lowest BCUT2D eigenvalue weighted by Gasteiger charge is -2.13. The van der Waals surface area contributed by atoms with E-state index in [1.54, 1.807) is 0 Å². The van der Waals surface area contributed by atoms with Crippen molar-refractivity contribution < 1.29 is 22.8 Å². The molecule has 0 aliphatic carbocycles. The highest BCUT2D eigenvalue weighted by Crippen LogP contribution is 2.36. The predicted octanol–water partition coefficient (Wildman–Crippen LogP) is 1.69. The summed E-state index contributed by atoms with van der Waals surface area (Å²) in [5.41, 5.74) is 3.57. The summed E-state index contributed by atoms with van der Waals surface area (Å²) in [5.74, 6) is -0.976. The Labute approximate surface area is 116 Å². The molecule has 0 spiro atoms. The molecule has 1 atom stereocenters. The minimum absolute atomic E-state index is 0.0483. The Morgan fingerprint density at radius 3 is 2.65 bits per heavy atom. The Kier molecular flexibility index (Phi) is 3.87. The van der Waals surface area contributed by atoms with Crippen LogP contribution in [-0.2, 0) is 15.8 Å². The lowest BCUT2D eigenvalue weighted by molar-refractivity contribution is -0.137. The molecule has 1 aromatic carbocycles. The lowest BCUT2D eigenvalue weighted by atomic mass is 10.1. The number of carbonyl (C=O) groups is 2. The molecule has 1 aliphatic rings. The second-order valence-corrected chi connectivity index (χ2v) is 4.54. The van der Waals surface area contributed by atoms with Gasteiger partial charge in [-0.2, -0.15) is 13.2 Å². The van der Waals surface area contributed by atoms with Crippen molar-refractivity contribution >= 4 is 29.1 Å². The number of alkyl halides is 3. The number of halogens is 4. The topological polar surface area (TPSA) is 70.2 Å². The number of carbonyl (C=O) groups excluding carboxylic acids is 2. The van der Waals surface area contributed by atoms with Crippen molar-refractivity contribution in [3.8, 4) is 0 Å². The first-order chi connectivity index (χ1) is 9.27. The number of anilines is 1. The molecular weight excluding hydrogens is 299 g/mol. The van der Waals surface area contributed by atoms with Crippen molar-refractivity contribution in [2.24, 2.45) is 0 Å². The molecule has 2 amide bonds. The Morgan fingerprint density at radius 1 is 1.40 bits per heavy atom. The molecule has 0 bridgehead atoms. The van der Waals surface area contributed by atoms with Crippen molar-refractivity contribution in [2.75, 3.05) is 5.32 Å². The summed E-state index contributed by atoms with van der Waals surface area (Å²) < 4.78 is 38.0. The molecule has 2 rings (SSSR count). The van der Waals surface area contributed by atoms with Crippen LogP contribution >= 0.6 is 11.6 Å². The van der Waals surface area contributed by atoms with E-state index in [-0.39, 0.29) is 18.0 Å². The van der Waals surface area contributed by atoms with Gasteiger partial charge in [0.1, 0.15) is 6.04 Å². The van der Waals surface area contributed by atoms with Crippen LogP contribution < -0.4 is 16.2 Å². The Balaban J connectivity index is 2.14. The van der Waals surface area contributed by atoms with Gasteiger partial charge in [0.25, 0.3) is 0 Å². The van der Waals surface area contributed by atoms with Crippen molar-refractivity contribution in [3.05, 3.63) is 28.8 Å². The van der Waals surface area contributed by atoms with E-state index >= 15 is 0 Å². The van der Waals surface area contributed by atoms with Gasteiger partial charge in [-0.1, -0.05) is 11.6 Å². The molecule has 108 valence electrons. The number of hydrogen-bond acceptors (Lipinski definition) is 3. The summed E-state index contributed by atoms with van der Waals surface area (Å²) in [5, 5.41) is 1.84. The van der Waals surface area contributed by atoms with Crippen LogP contribution in [0.25, 0.3) is 0 Å². The monoisotopic (exact) mass is 307 g/mol. The number of hydrazine groups is 1. The molecule has 20 heavy (non-hydrogen) atoms. The minimum Gasteiger partial charge on any atom is -0.325 e. The van der Waals surface area contributed by atoms with Gasteiger partial charge in [-0.15, -0.1) is 0 Å². The summed E-state index contributed by atoms with van der Waals surface area (Å²) in [7, 11) is 0. The van der Waals surface area contributed by atoms with Gasteiger partial charge in [0.15, 0.2) is 0 Å². The van der Waals surface area contributed by atoms with Gasteiger partial charge < -0.3 is 5.32 Å². The molecule has 1 fully saturated rings. The third kappa shape index (κ3) is 3.20. The van der Waals surface area contributed by atoms with Gasteiger partial charge in [-0.3, -0.25) is 15.0 Å². The molecule has 1 aromatic rings. The van der Waals surface area contributed by atoms with Crippen LogP contribution in [0.1, 0.15) is 12.0 Å². The molecule has 1 saturated heterocycles. The van der Waals surface area contributed by atoms with E-state index in [2.05, 4.69) is 16.2 Å². The zero-order valence-electron chi connectivity index (χ0n) is 9.84. The summed E-state index contributed by atoms with van der Waals surface area (Å²) in [6.45, 7) is 0. The van der Waals surface area contributed by atoms with Gasteiger partial charge in [-0.05, 0) is 18.2 Å². The summed E-state index contributed by atoms with van der Waals surface area (Å²) in [6.07, 6.45) is -4.69. The highest BCUT2D eigenvalue weighted by molar-refractivity contribution is 6.31. The molecule has 3 N–H and O–H groups in total. The maximum Gasteiger partial charge on any atom is 0.417 e. The maximum atomic E-state index is 12.7. The fourth-order valence-electron chi connectivity index (χ4n) is 1.66. The summed E-state index contributed by atoms with van der Waals surface area (Å²) in [6, 6.07) is 2.21. The van der Waals surface area contributed by atoms with Gasteiger partial charge >= 0.3 is 6.18 Å². The van der Waals surface area contributed by atoms with E-state index in [1.165, 1.54) is 6.07 Å². The zero-order chi connectivity index (χ0) is 14.9. The van der Waals surface area contributed by atoms with Gasteiger partial charge in [-0.25, -0.2) is 5.43 Å². The van der Waals surface area contributed by atoms with Crippen molar-refractivity contribution in [2.45, 2.75) is 18.6 Å². The quantitative estimate of drug-likeness (QED) is 0.779. The lowest BCUT2D eigenvalue weighted by Crippen LogP contribution is -2.39. The minimum atomic E-state index is -4.61. The predicted molar refractivity (Wildman–Crippen MR) is 64.8 cm³/mol. The maximum absolute atomic E-state index is 12.7. The molecule has 0 saturated carbocycles. The van der Waals surface area contributed by atoms with Crippen LogP contribution in [0.2, 0.25) is 5.02 Å². The smallest absolute Gasteiger partial charge is 0.325 e. The first-order valence-electron chi connectivity index (χ1n) is 5.49. The summed E-state index contributed by atoms with van der Waals surface area (Å²) >= 11 is 5.46. The van der Waals surface area contributed by atoms with Gasteiger partial charge in [0.05, 0.1) is 17.0 Å². The number of benzene rings is 1. The highest BCUT2D eigenvalue weighted by Gasteiger charge is 2.34. The molecule has 0 radical (unpaired) electrons. The Bertz CT molecular complexity index is 562. The van der Waals surface area contributed by atoms with E-state index in [0.29, 0.717) is 0 Å². The zero-order valence-corrected chi connectivity index (χ0v) is 10.6. The molecule has 1 aliphatic heterocycles. The van der Waals surface area contributed by atoms with Gasteiger partial charge in [0.2, 0.25) is 11.8 Å². The number of amides is 2. The number of nitrogens with one attached hydrogen (secondary N) is 3. The van der Waals surface area contributed by atoms with Crippen molar-refractivity contribution in [3.63, 3.8) is 0 Å². The number of hydrogen-bond donors (Lipinski definition) is 3. The normalized spacial score (nSPS) is 18.8. The molecular formula is C11H9ClF3N3O2. The first-order valence-corrected chi connectivity index (χ1v) is 5.87. The third-order valence-corrected chi connectivity index (χ3v) is 2.96. The van der Waals surface area contributed by atoms with E-state index in [9.17, 15) is 22.8 Å². The largest absolute Gasteiger partial charge is 0.417 e. The Hall–Kier alpha value is -1.80.